The molecular weight excluding hydrogens is 403 g/mol. The van der Waals surface area contributed by atoms with Crippen LogP contribution in [0.5, 0.6) is 0 Å². The Morgan fingerprint density at radius 3 is 1.88 bits per heavy atom. The van der Waals surface area contributed by atoms with E-state index in [1.165, 1.54) is 5.56 Å². The van der Waals surface area contributed by atoms with Gasteiger partial charge in [-0.3, -0.25) is 0 Å². The predicted octanol–water partition coefficient (Wildman–Crippen LogP) is 4.82. The van der Waals surface area contributed by atoms with Gasteiger partial charge in [-0.2, -0.15) is 0 Å². The Balaban J connectivity index is 3.24. The first-order valence-corrected chi connectivity index (χ1v) is 23.2. The van der Waals surface area contributed by atoms with Crippen molar-refractivity contribution >= 4 is 32.4 Å². The van der Waals surface area contributed by atoms with E-state index in [1.54, 1.807) is 3.13 Å². The van der Waals surface area contributed by atoms with Crippen LogP contribution in [0.15, 0.2) is 36.0 Å². The molecule has 16 heavy (non-hydrogen) atoms. The second-order valence-corrected chi connectivity index (χ2v) is 31.1. The molecule has 0 N–H and O–H groups in total. The molecule has 0 fully saturated rings. The molecule has 0 atom stereocenters. The summed E-state index contributed by atoms with van der Waals surface area (Å²) in [6.07, 6.45) is 0. The van der Waals surface area contributed by atoms with Crippen LogP contribution in [0.4, 0.5) is 0 Å². The van der Waals surface area contributed by atoms with Gasteiger partial charge in [0.25, 0.3) is 0 Å². The van der Waals surface area contributed by atoms with Crippen molar-refractivity contribution < 1.29 is 0 Å². The van der Waals surface area contributed by atoms with Crippen LogP contribution in [-0.2, 0) is 0 Å². The zero-order valence-electron chi connectivity index (χ0n) is 11.5. The molecule has 0 nitrogen and oxygen atoms in total. The molecule has 2 heteroatoms. The summed E-state index contributed by atoms with van der Waals surface area (Å²) >= 11 is -2.12. The van der Waals surface area contributed by atoms with Crippen LogP contribution in [0.25, 0.3) is 3.13 Å². The number of rotatable bonds is 3. The summed E-state index contributed by atoms with van der Waals surface area (Å²) in [6.45, 7) is 7.28. The molecular formula is C14H24PbSi. The van der Waals surface area contributed by atoms with Crippen LogP contribution in [0.3, 0.4) is 0 Å². The van der Waals surface area contributed by atoms with Crippen molar-refractivity contribution in [3.05, 3.63) is 41.6 Å². The zero-order valence-corrected chi connectivity index (χ0v) is 16.4. The summed E-state index contributed by atoms with van der Waals surface area (Å²) in [5.74, 6) is 0. The monoisotopic (exact) mass is 428 g/mol. The molecule has 0 unspecified atom stereocenters. The number of benzene rings is 1. The van der Waals surface area contributed by atoms with Gasteiger partial charge in [0.15, 0.2) is 0 Å². The van der Waals surface area contributed by atoms with Gasteiger partial charge < -0.3 is 0 Å². The molecule has 88 valence electrons. The Morgan fingerprint density at radius 2 is 1.50 bits per heavy atom. The third-order valence-corrected chi connectivity index (χ3v) is 12.7. The fourth-order valence-corrected chi connectivity index (χ4v) is 17.4. The van der Waals surface area contributed by atoms with Crippen LogP contribution in [0.2, 0.25) is 33.1 Å². The fourth-order valence-electron chi connectivity index (χ4n) is 1.78. The maximum atomic E-state index is 2.63. The molecule has 0 heterocycles. The predicted molar refractivity (Wildman–Crippen MR) is 81.1 cm³/mol. The van der Waals surface area contributed by atoms with Gasteiger partial charge in [-0.25, -0.2) is 0 Å². The van der Waals surface area contributed by atoms with E-state index in [4.69, 9.17) is 0 Å². The molecule has 0 bridgehead atoms. The summed E-state index contributed by atoms with van der Waals surface area (Å²) in [6, 6.07) is 11.0. The van der Waals surface area contributed by atoms with Gasteiger partial charge in [0.1, 0.15) is 0 Å². The third kappa shape index (κ3) is 4.53. The topological polar surface area (TPSA) is 0 Å². The Morgan fingerprint density at radius 1 is 1.00 bits per heavy atom. The molecule has 1 rings (SSSR count). The normalized spacial score (nSPS) is 14.0. The van der Waals surface area contributed by atoms with E-state index in [1.807, 2.05) is 0 Å². The minimum absolute atomic E-state index is 1.12. The summed E-state index contributed by atoms with van der Waals surface area (Å²) in [5, 5.41) is 0. The van der Waals surface area contributed by atoms with Gasteiger partial charge in [0.2, 0.25) is 0 Å². The maximum absolute atomic E-state index is 2.63. The van der Waals surface area contributed by atoms with Crippen LogP contribution in [0, 0.1) is 0 Å². The molecule has 0 amide bonds. The van der Waals surface area contributed by atoms with Crippen molar-refractivity contribution in [2.45, 2.75) is 33.1 Å². The number of hydrogen-bond donors (Lipinski definition) is 0. The van der Waals surface area contributed by atoms with Crippen molar-refractivity contribution in [2.24, 2.45) is 0 Å². The minimum atomic E-state index is -2.12. The molecule has 0 aliphatic carbocycles. The molecule has 0 aliphatic rings. The van der Waals surface area contributed by atoms with E-state index in [0.29, 0.717) is 0 Å². The summed E-state index contributed by atoms with van der Waals surface area (Å²) < 4.78 is 9.27. The second kappa shape index (κ2) is 5.17. The van der Waals surface area contributed by atoms with E-state index in [0.717, 1.165) is 0 Å². The summed E-state index contributed by atoms with van der Waals surface area (Å²) in [4.78, 5) is 0. The SMILES string of the molecule is C[Si](C)(C)/C=[C](\c1ccccc1)[Pb]([CH3])([CH3])[CH3]. The first kappa shape index (κ1) is 14.2. The number of hydrogen-bond acceptors (Lipinski definition) is 0. The van der Waals surface area contributed by atoms with Crippen molar-refractivity contribution in [3.8, 4) is 0 Å². The van der Waals surface area contributed by atoms with E-state index < -0.39 is 29.2 Å². The average Bonchev–Trinajstić information content (AvgIpc) is 2.13. The molecule has 0 aliphatic heterocycles. The summed E-state index contributed by atoms with van der Waals surface area (Å²) in [7, 11) is -1.12. The van der Waals surface area contributed by atoms with E-state index >= 15 is 0 Å². The van der Waals surface area contributed by atoms with Crippen molar-refractivity contribution in [1.29, 1.82) is 0 Å². The van der Waals surface area contributed by atoms with Crippen LogP contribution >= 0.6 is 0 Å². The Bertz CT molecular complexity index is 366. The molecule has 0 radical (unpaired) electrons. The zero-order chi connectivity index (χ0) is 12.4. The second-order valence-electron chi connectivity index (χ2n) is 6.54. The third-order valence-electron chi connectivity index (χ3n) is 2.47. The van der Waals surface area contributed by atoms with E-state index in [2.05, 4.69) is 69.1 Å². The van der Waals surface area contributed by atoms with Gasteiger partial charge >= 0.3 is 107 Å². The van der Waals surface area contributed by atoms with Gasteiger partial charge in [-0.15, -0.1) is 0 Å². The van der Waals surface area contributed by atoms with Gasteiger partial charge in [0.05, 0.1) is 0 Å². The van der Waals surface area contributed by atoms with Crippen LogP contribution < -0.4 is 0 Å². The molecule has 0 spiro atoms. The van der Waals surface area contributed by atoms with E-state index in [-0.39, 0.29) is 0 Å². The molecule has 0 saturated carbocycles. The fraction of sp³-hybridized carbons (Fsp3) is 0.429. The van der Waals surface area contributed by atoms with Crippen molar-refractivity contribution in [2.75, 3.05) is 0 Å². The first-order valence-electron chi connectivity index (χ1n) is 5.99. The summed E-state index contributed by atoms with van der Waals surface area (Å²) in [5.41, 5.74) is 4.10. The van der Waals surface area contributed by atoms with Gasteiger partial charge in [0, 0.05) is 0 Å². The van der Waals surface area contributed by atoms with Gasteiger partial charge in [-0.1, -0.05) is 0 Å². The first-order chi connectivity index (χ1) is 7.20. The van der Waals surface area contributed by atoms with Crippen LogP contribution in [0.1, 0.15) is 5.56 Å². The molecule has 1 aromatic rings. The Kier molecular flexibility index (Phi) is 4.57. The van der Waals surface area contributed by atoms with Crippen LogP contribution in [-0.4, -0.2) is 29.2 Å². The van der Waals surface area contributed by atoms with E-state index in [9.17, 15) is 0 Å². The molecule has 0 saturated heterocycles. The van der Waals surface area contributed by atoms with Gasteiger partial charge in [-0.05, 0) is 0 Å². The Hall–Kier alpha value is 0.0990. The standard InChI is InChI=1S/C11H15Si.3CH3.Pb/c1-12(2,3)10-9-11-7-5-4-6-8-11;;;;/h4-8,10H,1-3H3;3*1H3;. The Labute approximate surface area is 106 Å². The quantitative estimate of drug-likeness (QED) is 0.607. The molecule has 1 aromatic carbocycles. The average molecular weight is 428 g/mol. The van der Waals surface area contributed by atoms with Crippen molar-refractivity contribution in [1.82, 2.24) is 0 Å². The molecule has 0 aromatic heterocycles. The van der Waals surface area contributed by atoms with Crippen molar-refractivity contribution in [3.63, 3.8) is 0 Å².